The summed E-state index contributed by atoms with van der Waals surface area (Å²) in [6.45, 7) is 10.4. The van der Waals surface area contributed by atoms with Crippen molar-refractivity contribution in [2.45, 2.75) is 47.5 Å². The van der Waals surface area contributed by atoms with Crippen LogP contribution in [0.4, 0.5) is 5.69 Å². The lowest BCUT2D eigenvalue weighted by Gasteiger charge is -2.11. The van der Waals surface area contributed by atoms with Crippen LogP contribution in [0, 0.1) is 26.7 Å². The van der Waals surface area contributed by atoms with Gasteiger partial charge < -0.3 is 14.8 Å². The SMILES string of the molecule is COc1ccc(NC(=O)c2sc(-n3nc(C)c(CCC(C)C)c3C)nc2C)c(OC)c1. The Bertz CT molecular complexity index is 1080. The number of aromatic nitrogens is 3. The average Bonchev–Trinajstić information content (AvgIpc) is 3.25. The van der Waals surface area contributed by atoms with Crippen LogP contribution in [0.5, 0.6) is 11.5 Å². The second kappa shape index (κ2) is 9.51. The van der Waals surface area contributed by atoms with E-state index >= 15 is 0 Å². The normalized spacial score (nSPS) is 11.1. The van der Waals surface area contributed by atoms with Crippen molar-refractivity contribution in [1.29, 1.82) is 0 Å². The summed E-state index contributed by atoms with van der Waals surface area (Å²) < 4.78 is 12.4. The lowest BCUT2D eigenvalue weighted by atomic mass is 10.0. The maximum Gasteiger partial charge on any atom is 0.267 e. The van der Waals surface area contributed by atoms with Gasteiger partial charge in [-0.05, 0) is 57.2 Å². The smallest absolute Gasteiger partial charge is 0.267 e. The molecule has 31 heavy (non-hydrogen) atoms. The van der Waals surface area contributed by atoms with Crippen LogP contribution in [0.25, 0.3) is 5.13 Å². The zero-order valence-corrected chi connectivity index (χ0v) is 20.0. The van der Waals surface area contributed by atoms with Gasteiger partial charge in [-0.25, -0.2) is 9.67 Å². The molecule has 0 radical (unpaired) electrons. The average molecular weight is 443 g/mol. The van der Waals surface area contributed by atoms with E-state index in [2.05, 4.69) is 31.1 Å². The minimum atomic E-state index is -0.230. The maximum absolute atomic E-state index is 13.0. The second-order valence-corrected chi connectivity index (χ2v) is 8.90. The summed E-state index contributed by atoms with van der Waals surface area (Å²) in [6, 6.07) is 5.27. The number of benzene rings is 1. The van der Waals surface area contributed by atoms with Crippen LogP contribution in [0.2, 0.25) is 0 Å². The third-order valence-corrected chi connectivity index (χ3v) is 6.37. The van der Waals surface area contributed by atoms with Gasteiger partial charge in [0.2, 0.25) is 5.13 Å². The summed E-state index contributed by atoms with van der Waals surface area (Å²) in [7, 11) is 3.14. The van der Waals surface area contributed by atoms with E-state index in [-0.39, 0.29) is 5.91 Å². The highest BCUT2D eigenvalue weighted by Crippen LogP contribution is 2.31. The molecule has 0 bridgehead atoms. The second-order valence-electron chi connectivity index (χ2n) is 7.93. The van der Waals surface area contributed by atoms with E-state index < -0.39 is 0 Å². The van der Waals surface area contributed by atoms with Crippen LogP contribution < -0.4 is 14.8 Å². The molecule has 7 nitrogen and oxygen atoms in total. The first-order valence-electron chi connectivity index (χ1n) is 10.3. The van der Waals surface area contributed by atoms with E-state index in [1.54, 1.807) is 32.4 Å². The number of nitrogens with zero attached hydrogens (tertiary/aromatic N) is 3. The van der Waals surface area contributed by atoms with Gasteiger partial charge in [-0.3, -0.25) is 4.79 Å². The van der Waals surface area contributed by atoms with Gasteiger partial charge in [-0.2, -0.15) is 5.10 Å². The number of nitrogens with one attached hydrogen (secondary N) is 1. The Morgan fingerprint density at radius 2 is 1.90 bits per heavy atom. The van der Waals surface area contributed by atoms with Crippen LogP contribution in [0.1, 0.15) is 52.6 Å². The Balaban J connectivity index is 1.86. The summed E-state index contributed by atoms with van der Waals surface area (Å²) in [5.74, 6) is 1.59. The Hall–Kier alpha value is -2.87. The first-order chi connectivity index (χ1) is 14.7. The molecular weight excluding hydrogens is 412 g/mol. The summed E-state index contributed by atoms with van der Waals surface area (Å²) >= 11 is 1.33. The van der Waals surface area contributed by atoms with Crippen LogP contribution in [-0.2, 0) is 6.42 Å². The van der Waals surface area contributed by atoms with Crippen molar-refractivity contribution >= 4 is 22.9 Å². The minimum absolute atomic E-state index is 0.230. The highest BCUT2D eigenvalue weighted by atomic mass is 32.1. The number of anilines is 1. The standard InChI is InChI=1S/C23H30N4O3S/c1-13(2)8-10-18-14(3)26-27(16(18)5)23-24-15(4)21(31-23)22(28)25-19-11-9-17(29-6)12-20(19)30-7/h9,11-13H,8,10H2,1-7H3,(H,25,28). The van der Waals surface area contributed by atoms with E-state index in [4.69, 9.17) is 14.6 Å². The number of methoxy groups -OCH3 is 2. The molecule has 0 saturated carbocycles. The third-order valence-electron chi connectivity index (χ3n) is 5.24. The van der Waals surface area contributed by atoms with Gasteiger partial charge in [0, 0.05) is 11.8 Å². The van der Waals surface area contributed by atoms with Gasteiger partial charge in [0.15, 0.2) is 0 Å². The molecule has 1 aromatic carbocycles. The fourth-order valence-corrected chi connectivity index (χ4v) is 4.39. The molecule has 3 aromatic rings. The number of carbonyl (C=O) groups is 1. The molecule has 2 aromatic heterocycles. The van der Waals surface area contributed by atoms with Gasteiger partial charge >= 0.3 is 0 Å². The van der Waals surface area contributed by atoms with Crippen LogP contribution in [0.15, 0.2) is 18.2 Å². The van der Waals surface area contributed by atoms with Gasteiger partial charge in [-0.1, -0.05) is 25.2 Å². The molecular formula is C23H30N4O3S. The molecule has 0 aliphatic heterocycles. The minimum Gasteiger partial charge on any atom is -0.497 e. The lowest BCUT2D eigenvalue weighted by molar-refractivity contribution is 0.102. The Kier molecular flexibility index (Phi) is 7.00. The monoisotopic (exact) mass is 442 g/mol. The number of aryl methyl sites for hydroxylation is 2. The number of thiazole rings is 1. The van der Waals surface area contributed by atoms with Crippen molar-refractivity contribution in [2.24, 2.45) is 5.92 Å². The summed E-state index contributed by atoms with van der Waals surface area (Å²) in [4.78, 5) is 18.2. The first kappa shape index (κ1) is 22.8. The molecule has 3 rings (SSSR count). The highest BCUT2D eigenvalue weighted by Gasteiger charge is 2.21. The largest absolute Gasteiger partial charge is 0.497 e. The van der Waals surface area contributed by atoms with Crippen molar-refractivity contribution in [3.63, 3.8) is 0 Å². The van der Waals surface area contributed by atoms with Gasteiger partial charge in [0.25, 0.3) is 5.91 Å². The lowest BCUT2D eigenvalue weighted by Crippen LogP contribution is -2.12. The van der Waals surface area contributed by atoms with Crippen molar-refractivity contribution in [1.82, 2.24) is 14.8 Å². The maximum atomic E-state index is 13.0. The van der Waals surface area contributed by atoms with Crippen molar-refractivity contribution in [3.05, 3.63) is 45.7 Å². The fraction of sp³-hybridized carbons (Fsp3) is 0.435. The zero-order valence-electron chi connectivity index (χ0n) is 19.2. The number of ether oxygens (including phenoxy) is 2. The zero-order chi connectivity index (χ0) is 22.7. The molecule has 0 spiro atoms. The number of hydrogen-bond donors (Lipinski definition) is 1. The van der Waals surface area contributed by atoms with Crippen molar-refractivity contribution in [2.75, 3.05) is 19.5 Å². The van der Waals surface area contributed by atoms with Gasteiger partial charge in [0.1, 0.15) is 16.4 Å². The number of carbonyl (C=O) groups excluding carboxylic acids is 1. The van der Waals surface area contributed by atoms with E-state index in [1.807, 2.05) is 18.5 Å². The first-order valence-corrected chi connectivity index (χ1v) is 11.1. The summed E-state index contributed by atoms with van der Waals surface area (Å²) in [5, 5.41) is 8.32. The predicted octanol–water partition coefficient (Wildman–Crippen LogP) is 5.11. The molecule has 166 valence electrons. The molecule has 0 aliphatic rings. The molecule has 0 atom stereocenters. The molecule has 1 amide bonds. The van der Waals surface area contributed by atoms with Crippen LogP contribution in [-0.4, -0.2) is 34.9 Å². The third kappa shape index (κ3) is 4.90. The Labute approximate surface area is 187 Å². The number of amides is 1. The van der Waals surface area contributed by atoms with Crippen LogP contribution >= 0.6 is 11.3 Å². The number of rotatable bonds is 8. The Morgan fingerprint density at radius 1 is 1.16 bits per heavy atom. The van der Waals surface area contributed by atoms with E-state index in [0.717, 1.165) is 24.2 Å². The molecule has 1 N–H and O–H groups in total. The van der Waals surface area contributed by atoms with Crippen molar-refractivity contribution in [3.8, 4) is 16.6 Å². The summed E-state index contributed by atoms with van der Waals surface area (Å²) in [6.07, 6.45) is 2.10. The quantitative estimate of drug-likeness (QED) is 0.524. The molecule has 8 heteroatoms. The molecule has 0 aliphatic carbocycles. The van der Waals surface area contributed by atoms with Crippen molar-refractivity contribution < 1.29 is 14.3 Å². The molecule has 0 unspecified atom stereocenters. The van der Waals surface area contributed by atoms with Gasteiger partial charge in [-0.15, -0.1) is 0 Å². The van der Waals surface area contributed by atoms with Crippen LogP contribution in [0.3, 0.4) is 0 Å². The fourth-order valence-electron chi connectivity index (χ4n) is 3.42. The topological polar surface area (TPSA) is 78.3 Å². The molecule has 2 heterocycles. The summed E-state index contributed by atoms with van der Waals surface area (Å²) in [5.41, 5.74) is 4.59. The predicted molar refractivity (Wildman–Crippen MR) is 124 cm³/mol. The Morgan fingerprint density at radius 3 is 2.55 bits per heavy atom. The van der Waals surface area contributed by atoms with E-state index in [0.29, 0.717) is 38.8 Å². The molecule has 0 fully saturated rings. The van der Waals surface area contributed by atoms with E-state index in [9.17, 15) is 4.79 Å². The molecule has 0 saturated heterocycles. The van der Waals surface area contributed by atoms with Gasteiger partial charge in [0.05, 0.1) is 31.3 Å². The van der Waals surface area contributed by atoms with E-state index in [1.165, 1.54) is 16.9 Å². The number of hydrogen-bond acceptors (Lipinski definition) is 6. The highest BCUT2D eigenvalue weighted by molar-refractivity contribution is 7.16.